The van der Waals surface area contributed by atoms with E-state index < -0.39 is 5.97 Å². The summed E-state index contributed by atoms with van der Waals surface area (Å²) in [4.78, 5) is 15.0. The van der Waals surface area contributed by atoms with Gasteiger partial charge >= 0.3 is 5.97 Å². The molecule has 0 bridgehead atoms. The van der Waals surface area contributed by atoms with Crippen LogP contribution >= 0.6 is 0 Å². The Labute approximate surface area is 94.6 Å². The molecule has 0 fully saturated rings. The molecule has 16 heavy (non-hydrogen) atoms. The van der Waals surface area contributed by atoms with Crippen LogP contribution in [0, 0.1) is 0 Å². The lowest BCUT2D eigenvalue weighted by Gasteiger charge is -2.12. The van der Waals surface area contributed by atoms with Gasteiger partial charge in [-0.3, -0.25) is 0 Å². The molecule has 4 nitrogen and oxygen atoms in total. The number of carboxylic acid groups (broad SMARTS) is 1. The van der Waals surface area contributed by atoms with E-state index >= 15 is 0 Å². The molecule has 0 atom stereocenters. The molecule has 0 aliphatic heterocycles. The van der Waals surface area contributed by atoms with Crippen LogP contribution in [0.5, 0.6) is 0 Å². The lowest BCUT2D eigenvalue weighted by molar-refractivity contribution is -0.132. The van der Waals surface area contributed by atoms with Crippen LogP contribution in [0.2, 0.25) is 0 Å². The Morgan fingerprint density at radius 3 is 3.06 bits per heavy atom. The van der Waals surface area contributed by atoms with Crippen molar-refractivity contribution in [1.82, 2.24) is 9.55 Å². The Morgan fingerprint density at radius 1 is 1.56 bits per heavy atom. The van der Waals surface area contributed by atoms with E-state index in [-0.39, 0.29) is 0 Å². The molecule has 0 spiro atoms. The summed E-state index contributed by atoms with van der Waals surface area (Å²) in [6, 6.07) is 0. The summed E-state index contributed by atoms with van der Waals surface area (Å²) in [5.74, 6) is -0.853. The molecule has 86 valence electrons. The highest BCUT2D eigenvalue weighted by atomic mass is 16.4. The van der Waals surface area contributed by atoms with Gasteiger partial charge in [0, 0.05) is 17.8 Å². The Balaban J connectivity index is 2.13. The fourth-order valence-corrected chi connectivity index (χ4v) is 2.01. The Morgan fingerprint density at radius 2 is 2.31 bits per heavy atom. The second-order valence-corrected chi connectivity index (χ2v) is 4.19. The molecular weight excluding hydrogens is 204 g/mol. The van der Waals surface area contributed by atoms with Crippen LogP contribution < -0.4 is 0 Å². The van der Waals surface area contributed by atoms with Crippen LogP contribution in [0.1, 0.15) is 31.2 Å². The number of carbonyl (C=O) groups is 1. The summed E-state index contributed by atoms with van der Waals surface area (Å²) in [5, 5.41) is 8.76. The van der Waals surface area contributed by atoms with Gasteiger partial charge in [-0.05, 0) is 32.6 Å². The van der Waals surface area contributed by atoms with Gasteiger partial charge in [0.1, 0.15) is 0 Å². The van der Waals surface area contributed by atoms with Gasteiger partial charge in [0.2, 0.25) is 0 Å². The number of hydrogen-bond acceptors (Lipinski definition) is 2. The first-order chi connectivity index (χ1) is 7.68. The minimum absolute atomic E-state index is 0.387. The third kappa shape index (κ3) is 2.15. The summed E-state index contributed by atoms with van der Waals surface area (Å²) in [7, 11) is 0. The van der Waals surface area contributed by atoms with E-state index in [1.54, 1.807) is 13.0 Å². The van der Waals surface area contributed by atoms with E-state index in [0.29, 0.717) is 12.1 Å². The van der Waals surface area contributed by atoms with Gasteiger partial charge in [-0.15, -0.1) is 0 Å². The average molecular weight is 220 g/mol. The molecular formula is C12H16N2O2. The molecule has 1 aliphatic carbocycles. The maximum atomic E-state index is 10.7. The van der Waals surface area contributed by atoms with Crippen LogP contribution in [0.25, 0.3) is 0 Å². The van der Waals surface area contributed by atoms with Crippen molar-refractivity contribution in [3.8, 4) is 0 Å². The summed E-state index contributed by atoms with van der Waals surface area (Å²) in [5.41, 5.74) is 2.85. The average Bonchev–Trinajstić information content (AvgIpc) is 2.69. The van der Waals surface area contributed by atoms with Gasteiger partial charge in [0.05, 0.1) is 12.0 Å². The Kier molecular flexibility index (Phi) is 3.08. The van der Waals surface area contributed by atoms with E-state index in [1.807, 2.05) is 6.33 Å². The molecule has 0 saturated carbocycles. The number of fused-ring (bicyclic) bond motifs is 1. The number of carboxylic acids is 1. The van der Waals surface area contributed by atoms with Gasteiger partial charge in [-0.2, -0.15) is 0 Å². The summed E-state index contributed by atoms with van der Waals surface area (Å²) >= 11 is 0. The zero-order valence-corrected chi connectivity index (χ0v) is 9.44. The molecule has 0 saturated heterocycles. The highest BCUT2D eigenvalue weighted by Gasteiger charge is 2.14. The maximum Gasteiger partial charge on any atom is 0.331 e. The predicted octanol–water partition coefficient (Wildman–Crippen LogP) is 1.79. The number of hydrogen-bond donors (Lipinski definition) is 1. The van der Waals surface area contributed by atoms with Crippen molar-refractivity contribution in [2.45, 2.75) is 39.2 Å². The van der Waals surface area contributed by atoms with Crippen molar-refractivity contribution in [2.75, 3.05) is 0 Å². The van der Waals surface area contributed by atoms with Crippen LogP contribution in [0.3, 0.4) is 0 Å². The van der Waals surface area contributed by atoms with Crippen LogP contribution in [-0.4, -0.2) is 20.6 Å². The number of rotatable bonds is 3. The summed E-state index contributed by atoms with van der Waals surface area (Å²) in [6.07, 6.45) is 8.11. The van der Waals surface area contributed by atoms with Gasteiger partial charge in [0.15, 0.2) is 0 Å². The SMILES string of the molecule is CC(=CCn1cnc2c1CCCC2)C(=O)O. The number of aliphatic carboxylic acids is 1. The van der Waals surface area contributed by atoms with E-state index in [1.165, 1.54) is 24.2 Å². The fourth-order valence-electron chi connectivity index (χ4n) is 2.01. The van der Waals surface area contributed by atoms with Gasteiger partial charge in [-0.1, -0.05) is 6.08 Å². The van der Waals surface area contributed by atoms with E-state index in [0.717, 1.165) is 12.8 Å². The second-order valence-electron chi connectivity index (χ2n) is 4.19. The van der Waals surface area contributed by atoms with Crippen molar-refractivity contribution in [2.24, 2.45) is 0 Å². The predicted molar refractivity (Wildman–Crippen MR) is 60.3 cm³/mol. The first kappa shape index (κ1) is 10.9. The van der Waals surface area contributed by atoms with Crippen molar-refractivity contribution in [3.05, 3.63) is 29.4 Å². The Hall–Kier alpha value is -1.58. The standard InChI is InChI=1S/C12H16N2O2/c1-9(12(15)16)6-7-14-8-13-10-4-2-3-5-11(10)14/h6,8H,2-5,7H2,1H3,(H,15,16). The minimum Gasteiger partial charge on any atom is -0.478 e. The lowest BCUT2D eigenvalue weighted by Crippen LogP contribution is -2.08. The highest BCUT2D eigenvalue weighted by Crippen LogP contribution is 2.19. The monoisotopic (exact) mass is 220 g/mol. The first-order valence-electron chi connectivity index (χ1n) is 5.61. The molecule has 0 amide bonds. The van der Waals surface area contributed by atoms with Gasteiger partial charge < -0.3 is 9.67 Å². The largest absolute Gasteiger partial charge is 0.478 e. The molecule has 1 N–H and O–H groups in total. The number of aryl methyl sites for hydroxylation is 1. The summed E-state index contributed by atoms with van der Waals surface area (Å²) < 4.78 is 2.06. The third-order valence-electron chi connectivity index (χ3n) is 3.04. The lowest BCUT2D eigenvalue weighted by atomic mass is 10.0. The number of aromatic nitrogens is 2. The molecule has 1 aromatic rings. The van der Waals surface area contributed by atoms with Crippen molar-refractivity contribution >= 4 is 5.97 Å². The highest BCUT2D eigenvalue weighted by molar-refractivity contribution is 5.85. The maximum absolute atomic E-state index is 10.7. The van der Waals surface area contributed by atoms with Crippen molar-refractivity contribution in [3.63, 3.8) is 0 Å². The quantitative estimate of drug-likeness (QED) is 0.790. The smallest absolute Gasteiger partial charge is 0.331 e. The number of nitrogens with zero attached hydrogens (tertiary/aromatic N) is 2. The normalized spacial score (nSPS) is 15.9. The van der Waals surface area contributed by atoms with Crippen LogP contribution in [0.4, 0.5) is 0 Å². The van der Waals surface area contributed by atoms with Crippen LogP contribution in [-0.2, 0) is 24.2 Å². The zero-order chi connectivity index (χ0) is 11.5. The van der Waals surface area contributed by atoms with E-state index in [4.69, 9.17) is 5.11 Å². The Bertz CT molecular complexity index is 432. The van der Waals surface area contributed by atoms with E-state index in [2.05, 4.69) is 9.55 Å². The van der Waals surface area contributed by atoms with Crippen molar-refractivity contribution < 1.29 is 9.90 Å². The van der Waals surface area contributed by atoms with E-state index in [9.17, 15) is 4.79 Å². The third-order valence-corrected chi connectivity index (χ3v) is 3.04. The molecule has 0 unspecified atom stereocenters. The van der Waals surface area contributed by atoms with Gasteiger partial charge in [-0.25, -0.2) is 9.78 Å². The van der Waals surface area contributed by atoms with Crippen LogP contribution in [0.15, 0.2) is 18.0 Å². The van der Waals surface area contributed by atoms with Gasteiger partial charge in [0.25, 0.3) is 0 Å². The molecule has 1 heterocycles. The van der Waals surface area contributed by atoms with Crippen molar-refractivity contribution in [1.29, 1.82) is 0 Å². The number of allylic oxidation sites excluding steroid dienone is 1. The molecule has 0 radical (unpaired) electrons. The minimum atomic E-state index is -0.853. The first-order valence-corrected chi connectivity index (χ1v) is 5.61. The molecule has 1 aromatic heterocycles. The second kappa shape index (κ2) is 4.51. The molecule has 0 aromatic carbocycles. The topological polar surface area (TPSA) is 55.1 Å². The molecule has 1 aliphatic rings. The molecule has 4 heteroatoms. The zero-order valence-electron chi connectivity index (χ0n) is 9.44. The summed E-state index contributed by atoms with van der Waals surface area (Å²) in [6.45, 7) is 2.23. The number of imidazole rings is 1. The molecule has 2 rings (SSSR count). The fraction of sp³-hybridized carbons (Fsp3) is 0.500.